The van der Waals surface area contributed by atoms with E-state index in [1.165, 1.54) is 19.4 Å². The van der Waals surface area contributed by atoms with Crippen LogP contribution in [0.15, 0.2) is 12.3 Å². The van der Waals surface area contributed by atoms with Gasteiger partial charge in [0.1, 0.15) is 5.82 Å². The zero-order chi connectivity index (χ0) is 13.2. The van der Waals surface area contributed by atoms with E-state index in [4.69, 9.17) is 17.3 Å². The summed E-state index contributed by atoms with van der Waals surface area (Å²) in [5.74, 6) is 1.87. The smallest absolute Gasteiger partial charge is 0.147 e. The summed E-state index contributed by atoms with van der Waals surface area (Å²) in [6.07, 6.45) is 4.65. The third kappa shape index (κ3) is 3.02. The van der Waals surface area contributed by atoms with Crippen LogP contribution in [0.2, 0.25) is 5.02 Å². The average molecular weight is 281 g/mol. The molecule has 1 aliphatic heterocycles. The fraction of sp³-hybridized carbons (Fsp3) is 0.643. The summed E-state index contributed by atoms with van der Waals surface area (Å²) in [5, 5.41) is 0.723. The third-order valence-corrected chi connectivity index (χ3v) is 4.47. The van der Waals surface area contributed by atoms with Gasteiger partial charge >= 0.3 is 0 Å². The number of rotatable bonds is 4. The maximum Gasteiger partial charge on any atom is 0.147 e. The van der Waals surface area contributed by atoms with Gasteiger partial charge in [-0.1, -0.05) is 11.6 Å². The highest BCUT2D eigenvalue weighted by Crippen LogP contribution is 2.31. The molecule has 1 saturated carbocycles. The molecule has 0 radical (unpaired) electrons. The highest BCUT2D eigenvalue weighted by atomic mass is 35.5. The quantitative estimate of drug-likeness (QED) is 0.912. The van der Waals surface area contributed by atoms with Crippen LogP contribution in [0.25, 0.3) is 0 Å². The van der Waals surface area contributed by atoms with Gasteiger partial charge in [-0.15, -0.1) is 0 Å². The first kappa shape index (κ1) is 13.2. The van der Waals surface area contributed by atoms with Crippen LogP contribution in [-0.2, 0) is 6.54 Å². The largest absolute Gasteiger partial charge is 0.353 e. The van der Waals surface area contributed by atoms with E-state index < -0.39 is 0 Å². The number of anilines is 1. The number of hydrogen-bond acceptors (Lipinski definition) is 4. The van der Waals surface area contributed by atoms with Crippen LogP contribution in [0.3, 0.4) is 0 Å². The standard InChI is InChI=1S/C14H21ClN4/c15-13-12(9-16)3-4-17-14(13)19-7-5-18(6-8-19)10-11-1-2-11/h3-4,11H,1-2,5-10,16H2. The van der Waals surface area contributed by atoms with E-state index >= 15 is 0 Å². The van der Waals surface area contributed by atoms with E-state index in [0.717, 1.165) is 48.5 Å². The van der Waals surface area contributed by atoms with Crippen molar-refractivity contribution < 1.29 is 0 Å². The summed E-state index contributed by atoms with van der Waals surface area (Å²) in [4.78, 5) is 9.28. The van der Waals surface area contributed by atoms with E-state index in [2.05, 4.69) is 14.8 Å². The van der Waals surface area contributed by atoms with Crippen LogP contribution in [0.5, 0.6) is 0 Å². The summed E-state index contributed by atoms with van der Waals surface area (Å²) >= 11 is 6.38. The Morgan fingerprint density at radius 3 is 2.63 bits per heavy atom. The van der Waals surface area contributed by atoms with E-state index in [9.17, 15) is 0 Å². The molecule has 1 aliphatic carbocycles. The molecule has 0 aromatic carbocycles. The van der Waals surface area contributed by atoms with E-state index in [1.807, 2.05) is 6.07 Å². The summed E-state index contributed by atoms with van der Waals surface area (Å²) in [7, 11) is 0. The minimum Gasteiger partial charge on any atom is -0.353 e. The Hall–Kier alpha value is -0.840. The van der Waals surface area contributed by atoms with Crippen LogP contribution in [0.4, 0.5) is 5.82 Å². The van der Waals surface area contributed by atoms with Gasteiger partial charge in [0.2, 0.25) is 0 Å². The van der Waals surface area contributed by atoms with Gasteiger partial charge in [-0.05, 0) is 30.4 Å². The van der Waals surface area contributed by atoms with Gasteiger partial charge in [0.05, 0.1) is 5.02 Å². The first-order valence-electron chi connectivity index (χ1n) is 7.08. The lowest BCUT2D eigenvalue weighted by Crippen LogP contribution is -2.47. The first-order valence-corrected chi connectivity index (χ1v) is 7.46. The lowest BCUT2D eigenvalue weighted by molar-refractivity contribution is 0.247. The SMILES string of the molecule is NCc1ccnc(N2CCN(CC3CC3)CC2)c1Cl. The van der Waals surface area contributed by atoms with Gasteiger partial charge in [-0.25, -0.2) is 4.98 Å². The molecule has 1 aromatic rings. The molecule has 2 heterocycles. The van der Waals surface area contributed by atoms with Crippen LogP contribution < -0.4 is 10.6 Å². The zero-order valence-electron chi connectivity index (χ0n) is 11.2. The van der Waals surface area contributed by atoms with Crippen molar-refractivity contribution in [3.05, 3.63) is 22.8 Å². The molecule has 0 bridgehead atoms. The van der Waals surface area contributed by atoms with E-state index in [1.54, 1.807) is 6.20 Å². The molecule has 0 unspecified atom stereocenters. The van der Waals surface area contributed by atoms with Crippen molar-refractivity contribution in [2.24, 2.45) is 11.7 Å². The molecule has 2 N–H and O–H groups in total. The monoisotopic (exact) mass is 280 g/mol. The number of pyridine rings is 1. The molecule has 3 rings (SSSR count). The van der Waals surface area contributed by atoms with Gasteiger partial charge in [0.15, 0.2) is 0 Å². The minimum absolute atomic E-state index is 0.468. The van der Waals surface area contributed by atoms with Crippen molar-refractivity contribution in [2.45, 2.75) is 19.4 Å². The topological polar surface area (TPSA) is 45.4 Å². The number of hydrogen-bond donors (Lipinski definition) is 1. The molecule has 0 amide bonds. The fourth-order valence-corrected chi connectivity index (χ4v) is 2.97. The van der Waals surface area contributed by atoms with Gasteiger partial charge in [0, 0.05) is 45.5 Å². The summed E-state index contributed by atoms with van der Waals surface area (Å²) < 4.78 is 0. The van der Waals surface area contributed by atoms with Crippen LogP contribution in [0, 0.1) is 5.92 Å². The van der Waals surface area contributed by atoms with E-state index in [0.29, 0.717) is 6.54 Å². The number of piperazine rings is 1. The Bertz CT molecular complexity index is 439. The second-order valence-electron chi connectivity index (χ2n) is 5.54. The molecule has 2 fully saturated rings. The van der Waals surface area contributed by atoms with E-state index in [-0.39, 0.29) is 0 Å². The van der Waals surface area contributed by atoms with Crippen LogP contribution in [0.1, 0.15) is 18.4 Å². The number of aromatic nitrogens is 1. The Morgan fingerprint density at radius 1 is 1.26 bits per heavy atom. The lowest BCUT2D eigenvalue weighted by Gasteiger charge is -2.36. The lowest BCUT2D eigenvalue weighted by atomic mass is 10.2. The van der Waals surface area contributed by atoms with Crippen molar-refractivity contribution in [1.29, 1.82) is 0 Å². The van der Waals surface area contributed by atoms with Crippen molar-refractivity contribution in [2.75, 3.05) is 37.6 Å². The normalized spacial score (nSPS) is 20.8. The second kappa shape index (κ2) is 5.65. The maximum atomic E-state index is 6.38. The highest BCUT2D eigenvalue weighted by molar-refractivity contribution is 6.33. The van der Waals surface area contributed by atoms with Gasteiger partial charge in [0.25, 0.3) is 0 Å². The predicted octanol–water partition coefficient (Wildman–Crippen LogP) is 1.73. The summed E-state index contributed by atoms with van der Waals surface area (Å²) in [5.41, 5.74) is 6.67. The highest BCUT2D eigenvalue weighted by Gasteiger charge is 2.27. The van der Waals surface area contributed by atoms with Crippen molar-refractivity contribution >= 4 is 17.4 Å². The van der Waals surface area contributed by atoms with Crippen molar-refractivity contribution in [3.8, 4) is 0 Å². The Labute approximate surface area is 119 Å². The molecule has 4 nitrogen and oxygen atoms in total. The Balaban J connectivity index is 1.64. The second-order valence-corrected chi connectivity index (χ2v) is 5.92. The first-order chi connectivity index (χ1) is 9.28. The number of nitrogens with two attached hydrogens (primary N) is 1. The Kier molecular flexibility index (Phi) is 3.91. The van der Waals surface area contributed by atoms with Crippen LogP contribution in [-0.4, -0.2) is 42.6 Å². The number of nitrogens with zero attached hydrogens (tertiary/aromatic N) is 3. The molecule has 2 aliphatic rings. The van der Waals surface area contributed by atoms with Crippen molar-refractivity contribution in [3.63, 3.8) is 0 Å². The molecule has 1 saturated heterocycles. The molecular formula is C14H21ClN4. The van der Waals surface area contributed by atoms with Gasteiger partial charge < -0.3 is 10.6 Å². The molecular weight excluding hydrogens is 260 g/mol. The zero-order valence-corrected chi connectivity index (χ0v) is 11.9. The fourth-order valence-electron chi connectivity index (χ4n) is 2.66. The Morgan fingerprint density at radius 2 is 2.00 bits per heavy atom. The molecule has 5 heteroatoms. The average Bonchev–Trinajstić information content (AvgIpc) is 3.24. The minimum atomic E-state index is 0.468. The molecule has 0 atom stereocenters. The molecule has 19 heavy (non-hydrogen) atoms. The molecule has 104 valence electrons. The maximum absolute atomic E-state index is 6.38. The summed E-state index contributed by atoms with van der Waals surface area (Å²) in [6.45, 7) is 5.98. The predicted molar refractivity (Wildman–Crippen MR) is 78.5 cm³/mol. The molecule has 1 aromatic heterocycles. The third-order valence-electron chi connectivity index (χ3n) is 4.06. The van der Waals surface area contributed by atoms with Crippen molar-refractivity contribution in [1.82, 2.24) is 9.88 Å². The van der Waals surface area contributed by atoms with Gasteiger partial charge in [-0.2, -0.15) is 0 Å². The molecule has 0 spiro atoms. The van der Waals surface area contributed by atoms with Gasteiger partial charge in [-0.3, -0.25) is 4.90 Å². The number of halogens is 1. The summed E-state index contributed by atoms with van der Waals surface area (Å²) in [6, 6.07) is 1.90. The van der Waals surface area contributed by atoms with Crippen LogP contribution >= 0.6 is 11.6 Å².